The number of benzene rings is 2. The average molecular weight is 401 g/mol. The van der Waals surface area contributed by atoms with Crippen LogP contribution in [-0.4, -0.2) is 25.2 Å². The molecule has 0 unspecified atom stereocenters. The zero-order chi connectivity index (χ0) is 21.3. The van der Waals surface area contributed by atoms with Crippen LogP contribution in [0.2, 0.25) is 0 Å². The molecule has 0 saturated heterocycles. The summed E-state index contributed by atoms with van der Waals surface area (Å²) in [4.78, 5) is 16.5. The van der Waals surface area contributed by atoms with Gasteiger partial charge in [0.15, 0.2) is 0 Å². The summed E-state index contributed by atoms with van der Waals surface area (Å²) < 4.78 is 7.37. The molecule has 0 fully saturated rings. The molecule has 0 aliphatic heterocycles. The second kappa shape index (κ2) is 7.94. The fourth-order valence-electron chi connectivity index (χ4n) is 3.43. The summed E-state index contributed by atoms with van der Waals surface area (Å²) in [7, 11) is 0. The van der Waals surface area contributed by atoms with Crippen LogP contribution in [-0.2, 0) is 6.61 Å². The standard InChI is InChI=1S/C23H23N5O2/c1-14-8-9-20(24-12-14)19-11-16(3)18(10-17(19)4)13-30-22-15(2)6-5-7-21(22)28-23(29)25-26-27-28/h5-12H,13H2,1-4H3,(H,25,27,29). The van der Waals surface area contributed by atoms with Gasteiger partial charge in [0.2, 0.25) is 0 Å². The Morgan fingerprint density at radius 1 is 1.00 bits per heavy atom. The van der Waals surface area contributed by atoms with Gasteiger partial charge in [-0.05, 0) is 84.1 Å². The zero-order valence-electron chi connectivity index (χ0n) is 17.4. The van der Waals surface area contributed by atoms with E-state index < -0.39 is 5.69 Å². The molecule has 0 amide bonds. The summed E-state index contributed by atoms with van der Waals surface area (Å²) in [6.45, 7) is 8.49. The van der Waals surface area contributed by atoms with Crippen LogP contribution in [0.4, 0.5) is 0 Å². The first-order chi connectivity index (χ1) is 14.4. The first kappa shape index (κ1) is 19.6. The lowest BCUT2D eigenvalue weighted by Gasteiger charge is -2.16. The van der Waals surface area contributed by atoms with Gasteiger partial charge in [-0.1, -0.05) is 24.3 Å². The van der Waals surface area contributed by atoms with Gasteiger partial charge in [0.05, 0.1) is 5.69 Å². The lowest BCUT2D eigenvalue weighted by molar-refractivity contribution is 0.301. The van der Waals surface area contributed by atoms with Gasteiger partial charge in [-0.25, -0.2) is 9.89 Å². The molecule has 0 spiro atoms. The van der Waals surface area contributed by atoms with Crippen molar-refractivity contribution in [3.05, 3.63) is 87.0 Å². The van der Waals surface area contributed by atoms with Crippen molar-refractivity contribution in [2.45, 2.75) is 34.3 Å². The molecule has 0 radical (unpaired) electrons. The second-order valence-corrected chi connectivity index (χ2v) is 7.44. The highest BCUT2D eigenvalue weighted by Gasteiger charge is 2.14. The largest absolute Gasteiger partial charge is 0.486 e. The Morgan fingerprint density at radius 3 is 2.53 bits per heavy atom. The van der Waals surface area contributed by atoms with E-state index in [4.69, 9.17) is 4.74 Å². The summed E-state index contributed by atoms with van der Waals surface area (Å²) in [5.41, 5.74) is 7.60. The Balaban J connectivity index is 1.64. The van der Waals surface area contributed by atoms with Gasteiger partial charge >= 0.3 is 5.69 Å². The number of hydrogen-bond acceptors (Lipinski definition) is 5. The van der Waals surface area contributed by atoms with E-state index in [1.54, 1.807) is 6.07 Å². The summed E-state index contributed by atoms with van der Waals surface area (Å²) >= 11 is 0. The van der Waals surface area contributed by atoms with Crippen LogP contribution in [0.15, 0.2) is 53.5 Å². The molecule has 4 rings (SSSR count). The Hall–Kier alpha value is -3.74. The summed E-state index contributed by atoms with van der Waals surface area (Å²) in [6, 6.07) is 14.0. The van der Waals surface area contributed by atoms with Crippen LogP contribution >= 0.6 is 0 Å². The number of para-hydroxylation sites is 1. The van der Waals surface area contributed by atoms with E-state index in [-0.39, 0.29) is 0 Å². The minimum Gasteiger partial charge on any atom is -0.486 e. The molecule has 0 saturated carbocycles. The van der Waals surface area contributed by atoms with E-state index in [1.165, 1.54) is 4.68 Å². The van der Waals surface area contributed by atoms with Gasteiger partial charge in [-0.15, -0.1) is 0 Å². The highest BCUT2D eigenvalue weighted by atomic mass is 16.5. The topological polar surface area (TPSA) is 85.7 Å². The first-order valence-corrected chi connectivity index (χ1v) is 9.70. The fraction of sp³-hybridized carbons (Fsp3) is 0.217. The summed E-state index contributed by atoms with van der Waals surface area (Å²) in [5.74, 6) is 0.606. The summed E-state index contributed by atoms with van der Waals surface area (Å²) in [5, 5.41) is 9.72. The average Bonchev–Trinajstić information content (AvgIpc) is 3.15. The molecule has 2 aromatic heterocycles. The van der Waals surface area contributed by atoms with Crippen molar-refractivity contribution in [1.29, 1.82) is 0 Å². The number of hydrogen-bond donors (Lipinski definition) is 1. The van der Waals surface area contributed by atoms with E-state index in [1.807, 2.05) is 38.2 Å². The number of tetrazole rings is 1. The number of pyridine rings is 1. The molecule has 0 aliphatic rings. The molecule has 0 aliphatic carbocycles. The Kier molecular flexibility index (Phi) is 5.18. The van der Waals surface area contributed by atoms with Gasteiger partial charge in [-0.3, -0.25) is 4.98 Å². The van der Waals surface area contributed by atoms with E-state index in [0.717, 1.165) is 39.1 Å². The zero-order valence-corrected chi connectivity index (χ0v) is 17.4. The normalized spacial score (nSPS) is 10.9. The van der Waals surface area contributed by atoms with Crippen LogP contribution in [0, 0.1) is 27.7 Å². The van der Waals surface area contributed by atoms with E-state index in [0.29, 0.717) is 18.0 Å². The molecule has 152 valence electrons. The van der Waals surface area contributed by atoms with Crippen molar-refractivity contribution in [1.82, 2.24) is 25.2 Å². The van der Waals surface area contributed by atoms with Crippen LogP contribution in [0.1, 0.15) is 27.8 Å². The van der Waals surface area contributed by atoms with Gasteiger partial charge < -0.3 is 4.74 Å². The molecule has 1 N–H and O–H groups in total. The summed E-state index contributed by atoms with van der Waals surface area (Å²) in [6.07, 6.45) is 1.88. The molecular weight excluding hydrogens is 378 g/mol. The van der Waals surface area contributed by atoms with Crippen LogP contribution < -0.4 is 10.4 Å². The molecule has 30 heavy (non-hydrogen) atoms. The van der Waals surface area contributed by atoms with Crippen molar-refractivity contribution in [3.63, 3.8) is 0 Å². The lowest BCUT2D eigenvalue weighted by atomic mass is 9.98. The Bertz CT molecular complexity index is 1260. The highest BCUT2D eigenvalue weighted by molar-refractivity contribution is 5.65. The lowest BCUT2D eigenvalue weighted by Crippen LogP contribution is -2.17. The first-order valence-electron chi connectivity index (χ1n) is 9.70. The number of nitrogens with zero attached hydrogens (tertiary/aromatic N) is 4. The molecule has 7 heteroatoms. The molecule has 0 bridgehead atoms. The second-order valence-electron chi connectivity index (χ2n) is 7.44. The molecular formula is C23H23N5O2. The van der Waals surface area contributed by atoms with Gasteiger partial charge in [-0.2, -0.15) is 4.68 Å². The van der Waals surface area contributed by atoms with Crippen LogP contribution in [0.25, 0.3) is 16.9 Å². The number of ether oxygens (including phenoxy) is 1. The van der Waals surface area contributed by atoms with E-state index in [9.17, 15) is 4.79 Å². The SMILES string of the molecule is Cc1ccc(-c2cc(C)c(COc3c(C)cccc3-n3nn[nH]c3=O)cc2C)nc1. The van der Waals surface area contributed by atoms with Crippen molar-refractivity contribution in [3.8, 4) is 22.7 Å². The highest BCUT2D eigenvalue weighted by Crippen LogP contribution is 2.29. The third-order valence-electron chi connectivity index (χ3n) is 5.13. The molecule has 7 nitrogen and oxygen atoms in total. The third-order valence-corrected chi connectivity index (χ3v) is 5.13. The number of aromatic amines is 1. The minimum atomic E-state index is -0.410. The Morgan fingerprint density at radius 2 is 1.83 bits per heavy atom. The fourth-order valence-corrected chi connectivity index (χ4v) is 3.43. The number of aryl methyl sites for hydroxylation is 4. The van der Waals surface area contributed by atoms with Crippen molar-refractivity contribution in [2.24, 2.45) is 0 Å². The molecule has 0 atom stereocenters. The molecule has 4 aromatic rings. The molecule has 2 aromatic carbocycles. The smallest absolute Gasteiger partial charge is 0.365 e. The van der Waals surface area contributed by atoms with Crippen LogP contribution in [0.3, 0.4) is 0 Å². The number of rotatable bonds is 5. The predicted octanol–water partition coefficient (Wildman–Crippen LogP) is 3.83. The minimum absolute atomic E-state index is 0.374. The van der Waals surface area contributed by atoms with E-state index >= 15 is 0 Å². The van der Waals surface area contributed by atoms with Crippen molar-refractivity contribution >= 4 is 0 Å². The third kappa shape index (κ3) is 3.74. The maximum Gasteiger partial charge on any atom is 0.365 e. The maximum atomic E-state index is 12.0. The van der Waals surface area contributed by atoms with Gasteiger partial charge in [0.1, 0.15) is 18.0 Å². The van der Waals surface area contributed by atoms with Gasteiger partial charge in [0, 0.05) is 11.8 Å². The number of H-pyrrole nitrogens is 1. The predicted molar refractivity (Wildman–Crippen MR) is 115 cm³/mol. The van der Waals surface area contributed by atoms with E-state index in [2.05, 4.69) is 52.6 Å². The maximum absolute atomic E-state index is 12.0. The molecule has 2 heterocycles. The van der Waals surface area contributed by atoms with Crippen LogP contribution in [0.5, 0.6) is 5.75 Å². The quantitative estimate of drug-likeness (QED) is 0.549. The monoisotopic (exact) mass is 401 g/mol. The Labute approximate surface area is 174 Å². The van der Waals surface area contributed by atoms with Crippen molar-refractivity contribution in [2.75, 3.05) is 0 Å². The number of aromatic nitrogens is 5. The van der Waals surface area contributed by atoms with Gasteiger partial charge in [0.25, 0.3) is 0 Å². The number of nitrogens with one attached hydrogen (secondary N) is 1. The van der Waals surface area contributed by atoms with Crippen molar-refractivity contribution < 1.29 is 4.74 Å².